The summed E-state index contributed by atoms with van der Waals surface area (Å²) in [4.78, 5) is 12.6. The highest BCUT2D eigenvalue weighted by Crippen LogP contribution is 2.34. The van der Waals surface area contributed by atoms with Crippen molar-refractivity contribution in [1.29, 1.82) is 0 Å². The van der Waals surface area contributed by atoms with E-state index in [1.807, 2.05) is 12.1 Å². The summed E-state index contributed by atoms with van der Waals surface area (Å²) >= 11 is 0. The zero-order valence-electron chi connectivity index (χ0n) is 12.2. The maximum atomic E-state index is 12.6. The molecule has 1 aromatic carbocycles. The molecule has 3 nitrogen and oxygen atoms in total. The van der Waals surface area contributed by atoms with E-state index < -0.39 is 0 Å². The third kappa shape index (κ3) is 2.81. The predicted molar refractivity (Wildman–Crippen MR) is 79.4 cm³/mol. The second-order valence-corrected chi connectivity index (χ2v) is 5.59. The van der Waals surface area contributed by atoms with Crippen LogP contribution in [0.2, 0.25) is 0 Å². The van der Waals surface area contributed by atoms with Crippen molar-refractivity contribution in [3.63, 3.8) is 0 Å². The maximum absolute atomic E-state index is 12.6. The van der Waals surface area contributed by atoms with Gasteiger partial charge in [0.25, 0.3) is 0 Å². The van der Waals surface area contributed by atoms with Crippen LogP contribution in [-0.4, -0.2) is 19.0 Å². The van der Waals surface area contributed by atoms with Crippen LogP contribution in [0.4, 0.5) is 5.69 Å². The van der Waals surface area contributed by atoms with Crippen molar-refractivity contribution < 1.29 is 4.79 Å². The van der Waals surface area contributed by atoms with Gasteiger partial charge in [-0.25, -0.2) is 0 Å². The molecule has 1 amide bonds. The van der Waals surface area contributed by atoms with Gasteiger partial charge in [-0.2, -0.15) is 0 Å². The highest BCUT2D eigenvalue weighted by atomic mass is 16.2. The van der Waals surface area contributed by atoms with Gasteiger partial charge in [-0.15, -0.1) is 0 Å². The van der Waals surface area contributed by atoms with Gasteiger partial charge < -0.3 is 10.6 Å². The topological polar surface area (TPSA) is 41.1 Å². The van der Waals surface area contributed by atoms with Crippen molar-refractivity contribution in [1.82, 2.24) is 5.32 Å². The van der Waals surface area contributed by atoms with E-state index in [2.05, 4.69) is 37.5 Å². The van der Waals surface area contributed by atoms with Gasteiger partial charge >= 0.3 is 0 Å². The lowest BCUT2D eigenvalue weighted by atomic mass is 9.76. The van der Waals surface area contributed by atoms with Gasteiger partial charge in [0.15, 0.2) is 0 Å². The van der Waals surface area contributed by atoms with E-state index in [0.717, 1.165) is 43.6 Å². The van der Waals surface area contributed by atoms with Gasteiger partial charge in [0.1, 0.15) is 0 Å². The zero-order chi connectivity index (χ0) is 13.9. The number of piperidine rings is 1. The number of hydrogen-bond donors (Lipinski definition) is 2. The number of amides is 1. The summed E-state index contributed by atoms with van der Waals surface area (Å²) in [6, 6.07) is 6.06. The van der Waals surface area contributed by atoms with Crippen LogP contribution in [0, 0.1) is 19.3 Å². The molecule has 2 rings (SSSR count). The molecule has 0 aliphatic carbocycles. The van der Waals surface area contributed by atoms with Crippen molar-refractivity contribution in [3.05, 3.63) is 29.3 Å². The van der Waals surface area contributed by atoms with Crippen molar-refractivity contribution in [2.45, 2.75) is 40.0 Å². The first-order chi connectivity index (χ1) is 9.09. The molecule has 0 radical (unpaired) electrons. The molecule has 1 aromatic rings. The molecule has 1 aliphatic heterocycles. The van der Waals surface area contributed by atoms with E-state index in [4.69, 9.17) is 0 Å². The molecular weight excluding hydrogens is 236 g/mol. The fourth-order valence-electron chi connectivity index (χ4n) is 2.79. The highest BCUT2D eigenvalue weighted by molar-refractivity contribution is 5.96. The van der Waals surface area contributed by atoms with Crippen molar-refractivity contribution >= 4 is 11.6 Å². The molecule has 0 spiro atoms. The number of anilines is 1. The Labute approximate surface area is 115 Å². The van der Waals surface area contributed by atoms with Crippen LogP contribution in [0.5, 0.6) is 0 Å². The van der Waals surface area contributed by atoms with Gasteiger partial charge in [-0.3, -0.25) is 4.79 Å². The monoisotopic (exact) mass is 260 g/mol. The molecule has 1 saturated heterocycles. The van der Waals surface area contributed by atoms with Crippen LogP contribution >= 0.6 is 0 Å². The molecule has 0 aromatic heterocycles. The number of hydrogen-bond acceptors (Lipinski definition) is 2. The lowest BCUT2D eigenvalue weighted by Crippen LogP contribution is -2.44. The Morgan fingerprint density at radius 1 is 1.32 bits per heavy atom. The fourth-order valence-corrected chi connectivity index (χ4v) is 2.79. The molecule has 2 N–H and O–H groups in total. The Kier molecular flexibility index (Phi) is 4.25. The third-order valence-corrected chi connectivity index (χ3v) is 4.57. The minimum atomic E-state index is -0.193. The van der Waals surface area contributed by atoms with Crippen LogP contribution in [0.3, 0.4) is 0 Å². The van der Waals surface area contributed by atoms with Crippen LogP contribution in [0.25, 0.3) is 0 Å². The van der Waals surface area contributed by atoms with Gasteiger partial charge in [-0.1, -0.05) is 19.1 Å². The minimum absolute atomic E-state index is 0.185. The summed E-state index contributed by atoms with van der Waals surface area (Å²) in [5, 5.41) is 6.48. The Hall–Kier alpha value is -1.35. The standard InChI is InChI=1S/C16H24N2O/c1-4-16(8-10-17-11-9-16)15(19)18-14-7-5-6-12(2)13(14)3/h5-7,17H,4,8-11H2,1-3H3,(H,18,19). The van der Waals surface area contributed by atoms with Gasteiger partial charge in [0.05, 0.1) is 5.41 Å². The summed E-state index contributed by atoms with van der Waals surface area (Å²) < 4.78 is 0. The Balaban J connectivity index is 2.17. The quantitative estimate of drug-likeness (QED) is 0.877. The van der Waals surface area contributed by atoms with Crippen LogP contribution in [0.15, 0.2) is 18.2 Å². The summed E-state index contributed by atoms with van der Waals surface area (Å²) in [6.07, 6.45) is 2.77. The molecular formula is C16H24N2O. The maximum Gasteiger partial charge on any atom is 0.230 e. The van der Waals surface area contributed by atoms with Crippen molar-refractivity contribution in [2.75, 3.05) is 18.4 Å². The average Bonchev–Trinajstić information content (AvgIpc) is 2.44. The van der Waals surface area contributed by atoms with Crippen molar-refractivity contribution in [3.8, 4) is 0 Å². The molecule has 19 heavy (non-hydrogen) atoms. The van der Waals surface area contributed by atoms with E-state index in [1.165, 1.54) is 5.56 Å². The molecule has 0 saturated carbocycles. The highest BCUT2D eigenvalue weighted by Gasteiger charge is 2.37. The second kappa shape index (κ2) is 5.74. The van der Waals surface area contributed by atoms with Crippen LogP contribution in [0.1, 0.15) is 37.3 Å². The smallest absolute Gasteiger partial charge is 0.230 e. The lowest BCUT2D eigenvalue weighted by Gasteiger charge is -2.35. The fraction of sp³-hybridized carbons (Fsp3) is 0.562. The van der Waals surface area contributed by atoms with E-state index in [0.29, 0.717) is 0 Å². The van der Waals surface area contributed by atoms with E-state index >= 15 is 0 Å². The molecule has 1 fully saturated rings. The zero-order valence-corrected chi connectivity index (χ0v) is 12.2. The van der Waals surface area contributed by atoms with Crippen LogP contribution in [-0.2, 0) is 4.79 Å². The Morgan fingerprint density at radius 3 is 2.63 bits per heavy atom. The number of carbonyl (C=O) groups is 1. The normalized spacial score (nSPS) is 18.1. The minimum Gasteiger partial charge on any atom is -0.325 e. The van der Waals surface area contributed by atoms with Crippen LogP contribution < -0.4 is 10.6 Å². The number of aryl methyl sites for hydroxylation is 1. The average molecular weight is 260 g/mol. The summed E-state index contributed by atoms with van der Waals surface area (Å²) in [6.45, 7) is 8.13. The Bertz CT molecular complexity index is 462. The van der Waals surface area contributed by atoms with Gasteiger partial charge in [0, 0.05) is 5.69 Å². The first kappa shape index (κ1) is 14.1. The van der Waals surface area contributed by atoms with E-state index in [9.17, 15) is 4.79 Å². The summed E-state index contributed by atoms with van der Waals surface area (Å²) in [7, 11) is 0. The predicted octanol–water partition coefficient (Wildman–Crippen LogP) is 3.02. The molecule has 0 unspecified atom stereocenters. The van der Waals surface area contributed by atoms with Gasteiger partial charge in [-0.05, 0) is 63.4 Å². The van der Waals surface area contributed by atoms with E-state index in [1.54, 1.807) is 0 Å². The number of carbonyl (C=O) groups excluding carboxylic acids is 1. The lowest BCUT2D eigenvalue weighted by molar-refractivity contribution is -0.127. The number of nitrogens with one attached hydrogen (secondary N) is 2. The first-order valence-corrected chi connectivity index (χ1v) is 7.17. The molecule has 1 heterocycles. The third-order valence-electron chi connectivity index (χ3n) is 4.57. The SMILES string of the molecule is CCC1(C(=O)Nc2cccc(C)c2C)CCNCC1. The largest absolute Gasteiger partial charge is 0.325 e. The Morgan fingerprint density at radius 2 is 2.00 bits per heavy atom. The molecule has 104 valence electrons. The van der Waals surface area contributed by atoms with Crippen molar-refractivity contribution in [2.24, 2.45) is 5.41 Å². The summed E-state index contributed by atoms with van der Waals surface area (Å²) in [5.74, 6) is 0.185. The van der Waals surface area contributed by atoms with E-state index in [-0.39, 0.29) is 11.3 Å². The molecule has 0 atom stereocenters. The summed E-state index contributed by atoms with van der Waals surface area (Å²) in [5.41, 5.74) is 3.14. The molecule has 1 aliphatic rings. The second-order valence-electron chi connectivity index (χ2n) is 5.59. The number of benzene rings is 1. The number of rotatable bonds is 3. The molecule has 3 heteroatoms. The first-order valence-electron chi connectivity index (χ1n) is 7.17. The molecule has 0 bridgehead atoms. The van der Waals surface area contributed by atoms with Gasteiger partial charge in [0.2, 0.25) is 5.91 Å².